The first kappa shape index (κ1) is 17.5. The van der Waals surface area contributed by atoms with Crippen LogP contribution in [0.25, 0.3) is 0 Å². The third-order valence-electron chi connectivity index (χ3n) is 5.05. The van der Waals surface area contributed by atoms with E-state index in [0.29, 0.717) is 0 Å². The zero-order valence-electron chi connectivity index (χ0n) is 14.9. The number of nitrogens with zero attached hydrogens (tertiary/aromatic N) is 2. The van der Waals surface area contributed by atoms with Crippen LogP contribution in [0, 0.1) is 0 Å². The van der Waals surface area contributed by atoms with E-state index in [4.69, 9.17) is 4.74 Å². The van der Waals surface area contributed by atoms with Gasteiger partial charge in [0.25, 0.3) is 0 Å². The topological polar surface area (TPSA) is 48.9 Å². The van der Waals surface area contributed by atoms with Gasteiger partial charge in [0.1, 0.15) is 0 Å². The minimum absolute atomic E-state index is 0.0417. The van der Waals surface area contributed by atoms with Crippen molar-refractivity contribution in [3.63, 3.8) is 0 Å². The zero-order chi connectivity index (χ0) is 16.1. The Bertz CT molecular complexity index is 369. The highest BCUT2D eigenvalue weighted by Gasteiger charge is 2.31. The molecule has 0 aliphatic carbocycles. The monoisotopic (exact) mass is 310 g/mol. The van der Waals surface area contributed by atoms with Crippen molar-refractivity contribution in [3.8, 4) is 0 Å². The smallest absolute Gasteiger partial charge is 0.191 e. The summed E-state index contributed by atoms with van der Waals surface area (Å²) in [6.07, 6.45) is 6.31. The number of aliphatic imine (C=N–C) groups is 1. The molecule has 0 radical (unpaired) electrons. The van der Waals surface area contributed by atoms with Crippen molar-refractivity contribution in [2.75, 3.05) is 39.8 Å². The Morgan fingerprint density at radius 1 is 1.18 bits per heavy atom. The van der Waals surface area contributed by atoms with Gasteiger partial charge in [0.2, 0.25) is 0 Å². The van der Waals surface area contributed by atoms with Crippen molar-refractivity contribution in [2.45, 2.75) is 64.0 Å². The molecule has 0 bridgehead atoms. The molecule has 0 amide bonds. The number of ether oxygens (including phenoxy) is 1. The minimum Gasteiger partial charge on any atom is -0.373 e. The molecule has 22 heavy (non-hydrogen) atoms. The molecule has 0 aromatic heterocycles. The lowest BCUT2D eigenvalue weighted by atomic mass is 9.98. The molecule has 0 spiro atoms. The van der Waals surface area contributed by atoms with E-state index < -0.39 is 0 Å². The van der Waals surface area contributed by atoms with Gasteiger partial charge in [0.05, 0.1) is 5.60 Å². The summed E-state index contributed by atoms with van der Waals surface area (Å²) in [5.41, 5.74) is 0.117. The first-order valence-corrected chi connectivity index (χ1v) is 8.79. The van der Waals surface area contributed by atoms with Crippen LogP contribution in [0.3, 0.4) is 0 Å². The fourth-order valence-electron chi connectivity index (χ4n) is 3.38. The van der Waals surface area contributed by atoms with Crippen molar-refractivity contribution < 1.29 is 4.74 Å². The molecule has 2 heterocycles. The first-order chi connectivity index (χ1) is 10.5. The average Bonchev–Trinajstić information content (AvgIpc) is 2.95. The van der Waals surface area contributed by atoms with Gasteiger partial charge in [-0.15, -0.1) is 0 Å². The van der Waals surface area contributed by atoms with E-state index in [1.165, 1.54) is 32.4 Å². The van der Waals surface area contributed by atoms with Crippen LogP contribution < -0.4 is 10.6 Å². The number of piperidine rings is 1. The number of nitrogens with one attached hydrogen (secondary N) is 2. The van der Waals surface area contributed by atoms with Gasteiger partial charge in [0, 0.05) is 32.3 Å². The van der Waals surface area contributed by atoms with Gasteiger partial charge < -0.3 is 15.4 Å². The summed E-state index contributed by atoms with van der Waals surface area (Å²) in [6, 6.07) is 0. The van der Waals surface area contributed by atoms with Gasteiger partial charge in [0.15, 0.2) is 5.96 Å². The summed E-state index contributed by atoms with van der Waals surface area (Å²) >= 11 is 0. The van der Waals surface area contributed by atoms with Crippen LogP contribution >= 0.6 is 0 Å². The van der Waals surface area contributed by atoms with Crippen LogP contribution in [-0.4, -0.2) is 61.8 Å². The van der Waals surface area contributed by atoms with Crippen molar-refractivity contribution >= 4 is 5.96 Å². The van der Waals surface area contributed by atoms with Crippen LogP contribution in [0.1, 0.15) is 52.9 Å². The third-order valence-corrected chi connectivity index (χ3v) is 5.05. The number of likely N-dealkylation sites (tertiary alicyclic amines) is 1. The summed E-state index contributed by atoms with van der Waals surface area (Å²) in [5, 5.41) is 6.91. The summed E-state index contributed by atoms with van der Waals surface area (Å²) in [4.78, 5) is 6.94. The summed E-state index contributed by atoms with van der Waals surface area (Å²) in [6.45, 7) is 11.9. The second-order valence-corrected chi connectivity index (χ2v) is 7.54. The highest BCUT2D eigenvalue weighted by Crippen LogP contribution is 2.24. The van der Waals surface area contributed by atoms with Crippen molar-refractivity contribution in [2.24, 2.45) is 4.99 Å². The summed E-state index contributed by atoms with van der Waals surface area (Å²) in [7, 11) is 1.83. The molecule has 5 heteroatoms. The largest absolute Gasteiger partial charge is 0.373 e. The molecular weight excluding hydrogens is 276 g/mol. The quantitative estimate of drug-likeness (QED) is 0.602. The van der Waals surface area contributed by atoms with Gasteiger partial charge in [-0.2, -0.15) is 0 Å². The molecular formula is C17H34N4O. The fourth-order valence-corrected chi connectivity index (χ4v) is 3.38. The van der Waals surface area contributed by atoms with Gasteiger partial charge >= 0.3 is 0 Å². The van der Waals surface area contributed by atoms with Crippen LogP contribution in [0.4, 0.5) is 0 Å². The predicted molar refractivity (Wildman–Crippen MR) is 92.5 cm³/mol. The Balaban J connectivity index is 1.77. The molecule has 1 unspecified atom stereocenters. The number of hydrogen-bond acceptors (Lipinski definition) is 3. The van der Waals surface area contributed by atoms with Crippen molar-refractivity contribution in [1.82, 2.24) is 15.5 Å². The lowest BCUT2D eigenvalue weighted by Crippen LogP contribution is -2.55. The van der Waals surface area contributed by atoms with E-state index >= 15 is 0 Å². The molecule has 2 aliphatic heterocycles. The normalized spacial score (nSPS) is 27.9. The maximum absolute atomic E-state index is 5.82. The fraction of sp³-hybridized carbons (Fsp3) is 0.941. The Morgan fingerprint density at radius 2 is 1.91 bits per heavy atom. The molecule has 0 aromatic rings. The van der Waals surface area contributed by atoms with E-state index in [0.717, 1.165) is 38.5 Å². The third kappa shape index (κ3) is 4.85. The Labute approximate surface area is 135 Å². The van der Waals surface area contributed by atoms with Crippen molar-refractivity contribution in [3.05, 3.63) is 0 Å². The summed E-state index contributed by atoms with van der Waals surface area (Å²) in [5.74, 6) is 0.877. The van der Waals surface area contributed by atoms with Crippen LogP contribution in [-0.2, 0) is 4.74 Å². The Hall–Kier alpha value is -0.810. The standard InChI is InChI=1S/C17H34N4O/c1-16(2,21-10-6-5-7-11-21)13-19-15(18-4)20-14-17(3)9-8-12-22-17/h5-14H2,1-4H3,(H2,18,19,20). The number of guanidine groups is 1. The molecule has 2 fully saturated rings. The second kappa shape index (κ2) is 7.64. The van der Waals surface area contributed by atoms with E-state index in [-0.39, 0.29) is 11.1 Å². The van der Waals surface area contributed by atoms with E-state index in [2.05, 4.69) is 41.3 Å². The molecule has 2 rings (SSSR count). The lowest BCUT2D eigenvalue weighted by Gasteiger charge is -2.41. The van der Waals surface area contributed by atoms with Gasteiger partial charge in [-0.25, -0.2) is 0 Å². The van der Waals surface area contributed by atoms with Crippen LogP contribution in [0.5, 0.6) is 0 Å². The van der Waals surface area contributed by atoms with Gasteiger partial charge in [-0.05, 0) is 59.5 Å². The molecule has 1 atom stereocenters. The maximum Gasteiger partial charge on any atom is 0.191 e. The first-order valence-electron chi connectivity index (χ1n) is 8.79. The summed E-state index contributed by atoms with van der Waals surface area (Å²) < 4.78 is 5.82. The minimum atomic E-state index is -0.0417. The van der Waals surface area contributed by atoms with E-state index in [1.54, 1.807) is 0 Å². The van der Waals surface area contributed by atoms with Gasteiger partial charge in [-0.3, -0.25) is 9.89 Å². The Kier molecular flexibility index (Phi) is 6.09. The lowest BCUT2D eigenvalue weighted by molar-refractivity contribution is 0.0242. The molecule has 0 saturated carbocycles. The highest BCUT2D eigenvalue weighted by atomic mass is 16.5. The van der Waals surface area contributed by atoms with E-state index in [9.17, 15) is 0 Å². The number of rotatable bonds is 5. The SMILES string of the molecule is CN=C(NCC1(C)CCCO1)NCC(C)(C)N1CCCCC1. The molecule has 0 aromatic carbocycles. The van der Waals surface area contributed by atoms with Crippen molar-refractivity contribution in [1.29, 1.82) is 0 Å². The van der Waals surface area contributed by atoms with Gasteiger partial charge in [-0.1, -0.05) is 6.42 Å². The zero-order valence-corrected chi connectivity index (χ0v) is 14.9. The van der Waals surface area contributed by atoms with E-state index in [1.807, 2.05) is 7.05 Å². The average molecular weight is 310 g/mol. The van der Waals surface area contributed by atoms with Crippen LogP contribution in [0.15, 0.2) is 4.99 Å². The maximum atomic E-state index is 5.82. The number of hydrogen-bond donors (Lipinski definition) is 2. The predicted octanol–water partition coefficient (Wildman–Crippen LogP) is 1.99. The molecule has 2 N–H and O–H groups in total. The Morgan fingerprint density at radius 3 is 2.50 bits per heavy atom. The second-order valence-electron chi connectivity index (χ2n) is 7.54. The van der Waals surface area contributed by atoms with Crippen LogP contribution in [0.2, 0.25) is 0 Å². The molecule has 2 aliphatic rings. The molecule has 2 saturated heterocycles. The highest BCUT2D eigenvalue weighted by molar-refractivity contribution is 5.79. The molecule has 128 valence electrons. The molecule has 5 nitrogen and oxygen atoms in total.